The fourth-order valence-corrected chi connectivity index (χ4v) is 5.04. The summed E-state index contributed by atoms with van der Waals surface area (Å²) in [6.45, 7) is 1.44. The van der Waals surface area contributed by atoms with Crippen LogP contribution in [0.5, 0.6) is 5.75 Å². The van der Waals surface area contributed by atoms with Gasteiger partial charge in [0.25, 0.3) is 0 Å². The van der Waals surface area contributed by atoms with Crippen molar-refractivity contribution < 1.29 is 23.5 Å². The molecule has 0 bridgehead atoms. The number of thiocarbonyl (C=S) groups is 1. The van der Waals surface area contributed by atoms with Gasteiger partial charge in [-0.25, -0.2) is 4.79 Å². The number of ether oxygens (including phenoxy) is 2. The third-order valence-electron chi connectivity index (χ3n) is 6.39. The molecule has 1 aliphatic heterocycles. The van der Waals surface area contributed by atoms with E-state index in [1.165, 1.54) is 14.0 Å². The topological polar surface area (TPSA) is 106 Å². The van der Waals surface area contributed by atoms with Crippen LogP contribution in [0.15, 0.2) is 83.4 Å². The molecule has 0 aliphatic carbocycles. The van der Waals surface area contributed by atoms with Crippen molar-refractivity contribution in [1.82, 2.24) is 10.3 Å². The van der Waals surface area contributed by atoms with Gasteiger partial charge in [-0.2, -0.15) is 0 Å². The SMILES string of the molecule is COC(=O)c1ccccc1-c1ccc([C@@H]2[C@@H](c3ccccn3)NC(=S)N2c2ccc(OC)c(NC(C)=O)c2)o1. The normalized spacial score (nSPS) is 16.5. The minimum absolute atomic E-state index is 0.226. The largest absolute Gasteiger partial charge is 0.495 e. The standard InChI is InChI=1S/C29H26N4O5S/c1-17(34)31-22-16-18(11-12-24(22)36-2)33-27(26(32-29(33)39)21-10-6-7-15-30-21)25-14-13-23(38-25)19-8-4-5-9-20(19)28(35)37-3/h4-16,26-27H,1-3H3,(H,31,34)(H,32,39)/t26-,27-/m1/s1. The molecule has 2 aromatic heterocycles. The molecule has 9 nitrogen and oxygen atoms in total. The molecule has 1 fully saturated rings. The van der Waals surface area contributed by atoms with Crippen molar-refractivity contribution in [2.24, 2.45) is 0 Å². The summed E-state index contributed by atoms with van der Waals surface area (Å²) in [6.07, 6.45) is 1.72. The second-order valence-electron chi connectivity index (χ2n) is 8.80. The first-order valence-electron chi connectivity index (χ1n) is 12.1. The Hall–Kier alpha value is -4.70. The zero-order valence-corrected chi connectivity index (χ0v) is 22.3. The number of nitrogens with one attached hydrogen (secondary N) is 2. The summed E-state index contributed by atoms with van der Waals surface area (Å²) < 4.78 is 16.8. The third kappa shape index (κ3) is 5.06. The van der Waals surface area contributed by atoms with Gasteiger partial charge in [0, 0.05) is 24.4 Å². The van der Waals surface area contributed by atoms with Gasteiger partial charge < -0.3 is 29.4 Å². The number of esters is 1. The van der Waals surface area contributed by atoms with Crippen molar-refractivity contribution in [3.8, 4) is 17.1 Å². The number of methoxy groups -OCH3 is 2. The van der Waals surface area contributed by atoms with Gasteiger partial charge in [0.05, 0.1) is 37.2 Å². The summed E-state index contributed by atoms with van der Waals surface area (Å²) in [5.41, 5.74) is 3.01. The van der Waals surface area contributed by atoms with E-state index in [2.05, 4.69) is 15.6 Å². The van der Waals surface area contributed by atoms with Crippen LogP contribution in [-0.4, -0.2) is 36.2 Å². The van der Waals surface area contributed by atoms with Crippen LogP contribution >= 0.6 is 12.2 Å². The minimum Gasteiger partial charge on any atom is -0.495 e. The van der Waals surface area contributed by atoms with E-state index in [0.29, 0.717) is 44.9 Å². The molecule has 0 saturated carbocycles. The lowest BCUT2D eigenvalue weighted by molar-refractivity contribution is -0.114. The Bertz CT molecular complexity index is 1540. The van der Waals surface area contributed by atoms with Crippen LogP contribution < -0.4 is 20.3 Å². The monoisotopic (exact) mass is 542 g/mol. The number of benzene rings is 2. The summed E-state index contributed by atoms with van der Waals surface area (Å²) in [7, 11) is 2.88. The lowest BCUT2D eigenvalue weighted by atomic mass is 10.0. The van der Waals surface area contributed by atoms with E-state index < -0.39 is 12.0 Å². The molecule has 4 aromatic rings. The molecule has 2 atom stereocenters. The summed E-state index contributed by atoms with van der Waals surface area (Å²) in [4.78, 5) is 30.8. The van der Waals surface area contributed by atoms with E-state index in [-0.39, 0.29) is 11.9 Å². The van der Waals surface area contributed by atoms with E-state index in [1.807, 2.05) is 53.4 Å². The van der Waals surface area contributed by atoms with Crippen LogP contribution in [0.2, 0.25) is 0 Å². The molecule has 39 heavy (non-hydrogen) atoms. The molecule has 0 unspecified atom stereocenters. The number of amides is 1. The molecule has 2 N–H and O–H groups in total. The van der Waals surface area contributed by atoms with Gasteiger partial charge in [-0.1, -0.05) is 24.3 Å². The van der Waals surface area contributed by atoms with Crippen molar-refractivity contribution in [1.29, 1.82) is 0 Å². The Morgan fingerprint density at radius 3 is 2.56 bits per heavy atom. The average Bonchev–Trinajstić information content (AvgIpc) is 3.57. The highest BCUT2D eigenvalue weighted by Crippen LogP contribution is 2.44. The van der Waals surface area contributed by atoms with Crippen molar-refractivity contribution in [2.75, 3.05) is 24.4 Å². The lowest BCUT2D eigenvalue weighted by Crippen LogP contribution is -2.29. The van der Waals surface area contributed by atoms with Crippen molar-refractivity contribution in [3.05, 3.63) is 96.0 Å². The Kier molecular flexibility index (Phi) is 7.29. The smallest absolute Gasteiger partial charge is 0.338 e. The van der Waals surface area contributed by atoms with E-state index in [1.54, 1.807) is 37.6 Å². The fraction of sp³-hybridized carbons (Fsp3) is 0.172. The molecule has 3 heterocycles. The zero-order chi connectivity index (χ0) is 27.5. The Morgan fingerprint density at radius 2 is 1.85 bits per heavy atom. The number of furan rings is 1. The van der Waals surface area contributed by atoms with Crippen LogP contribution in [0.3, 0.4) is 0 Å². The molecule has 1 saturated heterocycles. The Balaban J connectivity index is 1.62. The number of carbonyl (C=O) groups is 2. The molecule has 5 rings (SSSR count). The number of hydrogen-bond acceptors (Lipinski definition) is 7. The number of rotatable bonds is 7. The number of nitrogens with zero attached hydrogens (tertiary/aromatic N) is 2. The highest BCUT2D eigenvalue weighted by atomic mass is 32.1. The second-order valence-corrected chi connectivity index (χ2v) is 9.19. The van der Waals surface area contributed by atoms with Gasteiger partial charge in [0.1, 0.15) is 23.3 Å². The van der Waals surface area contributed by atoms with E-state index in [4.69, 9.17) is 26.1 Å². The van der Waals surface area contributed by atoms with Crippen LogP contribution in [-0.2, 0) is 9.53 Å². The minimum atomic E-state index is -0.455. The summed E-state index contributed by atoms with van der Waals surface area (Å²) in [6, 6.07) is 21.1. The highest BCUT2D eigenvalue weighted by Gasteiger charge is 2.43. The number of aromatic nitrogens is 1. The van der Waals surface area contributed by atoms with Crippen LogP contribution in [0.25, 0.3) is 11.3 Å². The molecule has 0 radical (unpaired) electrons. The molecule has 1 amide bonds. The van der Waals surface area contributed by atoms with E-state index in [0.717, 1.165) is 5.69 Å². The first-order chi connectivity index (χ1) is 18.9. The van der Waals surface area contributed by atoms with Gasteiger partial charge in [-0.15, -0.1) is 0 Å². The van der Waals surface area contributed by atoms with Gasteiger partial charge in [0.15, 0.2) is 5.11 Å². The Labute approximate surface area is 230 Å². The number of carbonyl (C=O) groups excluding carboxylic acids is 2. The first-order valence-corrected chi connectivity index (χ1v) is 12.6. The molecule has 10 heteroatoms. The number of hydrogen-bond donors (Lipinski definition) is 2. The third-order valence-corrected chi connectivity index (χ3v) is 6.70. The molecule has 0 spiro atoms. The number of anilines is 2. The van der Waals surface area contributed by atoms with Crippen molar-refractivity contribution in [2.45, 2.75) is 19.0 Å². The fourth-order valence-electron chi connectivity index (χ4n) is 4.70. The van der Waals surface area contributed by atoms with Crippen molar-refractivity contribution >= 4 is 40.6 Å². The first kappa shape index (κ1) is 25.9. The van der Waals surface area contributed by atoms with Gasteiger partial charge >= 0.3 is 5.97 Å². The van der Waals surface area contributed by atoms with Gasteiger partial charge in [-0.3, -0.25) is 9.78 Å². The maximum absolute atomic E-state index is 12.4. The lowest BCUT2D eigenvalue weighted by Gasteiger charge is -2.27. The van der Waals surface area contributed by atoms with Gasteiger partial charge in [-0.05, 0) is 60.7 Å². The summed E-state index contributed by atoms with van der Waals surface area (Å²) in [5.74, 6) is 0.950. The number of pyridine rings is 1. The predicted octanol–water partition coefficient (Wildman–Crippen LogP) is 5.27. The van der Waals surface area contributed by atoms with Crippen LogP contribution in [0.1, 0.15) is 40.8 Å². The van der Waals surface area contributed by atoms with E-state index in [9.17, 15) is 9.59 Å². The summed E-state index contributed by atoms with van der Waals surface area (Å²) >= 11 is 5.81. The molecule has 2 aromatic carbocycles. The molecular formula is C29H26N4O5S. The van der Waals surface area contributed by atoms with Gasteiger partial charge in [0.2, 0.25) is 5.91 Å². The molecular weight excluding hydrogens is 516 g/mol. The van der Waals surface area contributed by atoms with Crippen LogP contribution in [0.4, 0.5) is 11.4 Å². The van der Waals surface area contributed by atoms with Crippen molar-refractivity contribution in [3.63, 3.8) is 0 Å². The molecule has 1 aliphatic rings. The molecule has 198 valence electrons. The predicted molar refractivity (Wildman–Crippen MR) is 151 cm³/mol. The maximum atomic E-state index is 12.4. The van der Waals surface area contributed by atoms with E-state index >= 15 is 0 Å². The summed E-state index contributed by atoms with van der Waals surface area (Å²) in [5, 5.41) is 6.66. The zero-order valence-electron chi connectivity index (χ0n) is 21.5. The average molecular weight is 543 g/mol. The Morgan fingerprint density at radius 1 is 1.05 bits per heavy atom. The van der Waals surface area contributed by atoms with Crippen LogP contribution in [0, 0.1) is 0 Å². The second kappa shape index (κ2) is 11.0. The highest BCUT2D eigenvalue weighted by molar-refractivity contribution is 7.80. The quantitative estimate of drug-likeness (QED) is 0.239. The maximum Gasteiger partial charge on any atom is 0.338 e.